The number of hydrogen-bond donors (Lipinski definition) is 0. The Hall–Kier alpha value is 1.52. The van der Waals surface area contributed by atoms with Crippen LogP contribution in [0.1, 0.15) is 20.8 Å². The second-order valence-corrected chi connectivity index (χ2v) is 20.8. The van der Waals surface area contributed by atoms with Crippen LogP contribution in [0.4, 0.5) is 0 Å². The van der Waals surface area contributed by atoms with E-state index in [4.69, 9.17) is 0 Å². The third-order valence-corrected chi connectivity index (χ3v) is 26.5. The first-order chi connectivity index (χ1) is 4.74. The van der Waals surface area contributed by atoms with Gasteiger partial charge in [0.15, 0.2) is 0 Å². The van der Waals surface area contributed by atoms with E-state index in [-0.39, 0.29) is 0 Å². The van der Waals surface area contributed by atoms with Gasteiger partial charge < -0.3 is 0 Å². The van der Waals surface area contributed by atoms with Gasteiger partial charge in [-0.3, -0.25) is 0 Å². The first kappa shape index (κ1) is 11.5. The Labute approximate surface area is 77.6 Å². The van der Waals surface area contributed by atoms with Crippen LogP contribution >= 0.6 is 14.4 Å². The Morgan fingerprint density at radius 3 is 1.60 bits per heavy atom. The third kappa shape index (κ3) is 3.28. The second kappa shape index (κ2) is 6.08. The summed E-state index contributed by atoms with van der Waals surface area (Å²) >= 11 is 0.640. The molecule has 0 bridgehead atoms. The molecule has 0 aromatic rings. The van der Waals surface area contributed by atoms with E-state index in [9.17, 15) is 0 Å². The van der Waals surface area contributed by atoms with Crippen LogP contribution in [0.3, 0.4) is 0 Å². The van der Waals surface area contributed by atoms with Crippen LogP contribution in [0, 0.1) is 0 Å². The summed E-state index contributed by atoms with van der Waals surface area (Å²) in [5.74, 6) is 0. The van der Waals surface area contributed by atoms with Gasteiger partial charge in [-0.1, -0.05) is 0 Å². The molecule has 0 rings (SSSR count). The molecule has 69 valence electrons. The van der Waals surface area contributed by atoms with Gasteiger partial charge >= 0.3 is 77.8 Å². The van der Waals surface area contributed by atoms with Crippen LogP contribution < -0.4 is 0 Å². The fourth-order valence-electron chi connectivity index (χ4n) is 1.01. The molecule has 0 aliphatic carbocycles. The average Bonchev–Trinajstić information content (AvgIpc) is 2.01. The molecule has 0 aliphatic rings. The summed E-state index contributed by atoms with van der Waals surface area (Å²) in [5.41, 5.74) is 0. The van der Waals surface area contributed by atoms with Crippen molar-refractivity contribution < 1.29 is 17.9 Å². The molecule has 0 atom stereocenters. The Bertz CT molecular complexity index is 75.4. The zero-order valence-corrected chi connectivity index (χ0v) is 11.3. The zero-order valence-electron chi connectivity index (χ0n) is 7.33. The predicted octanol–water partition coefficient (Wildman–Crippen LogP) is 3.07. The molecule has 0 radical (unpaired) electrons. The van der Waals surface area contributed by atoms with Crippen molar-refractivity contribution in [2.75, 3.05) is 24.7 Å². The maximum absolute atomic E-state index is 2.39. The van der Waals surface area contributed by atoms with Gasteiger partial charge in [0, 0.05) is 0 Å². The monoisotopic (exact) mass is 363 g/mol. The zero-order chi connectivity index (χ0) is 8.04. The minimum atomic E-state index is -0.657. The van der Waals surface area contributed by atoms with Crippen molar-refractivity contribution in [1.29, 1.82) is 0 Å². The van der Waals surface area contributed by atoms with E-state index >= 15 is 0 Å². The van der Waals surface area contributed by atoms with Gasteiger partial charge in [0.05, 0.1) is 0 Å². The summed E-state index contributed by atoms with van der Waals surface area (Å²) in [6.07, 6.45) is 6.83. The molecule has 0 aromatic carbocycles. The van der Waals surface area contributed by atoms with E-state index in [1.807, 2.05) is 0 Å². The molecule has 3 heteroatoms. The molecule has 0 heterocycles. The van der Waals surface area contributed by atoms with Crippen LogP contribution in [0.15, 0.2) is 0 Å². The summed E-state index contributed by atoms with van der Waals surface area (Å²) in [6.45, 7) is 7.18. The van der Waals surface area contributed by atoms with Crippen LogP contribution in [0.5, 0.6) is 0 Å². The van der Waals surface area contributed by atoms with Crippen molar-refractivity contribution >= 4 is 14.4 Å². The third-order valence-electron chi connectivity index (χ3n) is 2.01. The van der Waals surface area contributed by atoms with Crippen molar-refractivity contribution in [3.8, 4) is 0 Å². The van der Waals surface area contributed by atoms with Crippen LogP contribution in [0.2, 0.25) is 0 Å². The van der Waals surface area contributed by atoms with Crippen LogP contribution in [-0.4, -0.2) is 24.7 Å². The van der Waals surface area contributed by atoms with Crippen LogP contribution in [0.25, 0.3) is 0 Å². The molecule has 0 nitrogen and oxygen atoms in total. The Balaban J connectivity index is 3.87. The molecule has 0 unspecified atom stereocenters. The first-order valence-corrected chi connectivity index (χ1v) is 13.3. The minimum absolute atomic E-state index is 0.640. The van der Waals surface area contributed by atoms with E-state index in [0.717, 1.165) is 0 Å². The van der Waals surface area contributed by atoms with Crippen molar-refractivity contribution in [2.45, 2.75) is 20.8 Å². The SMILES string of the molecule is CC[PH](CC)(CC)[Au][S]C. The molecule has 0 aromatic heterocycles. The molecule has 0 N–H and O–H groups in total. The van der Waals surface area contributed by atoms with Crippen molar-refractivity contribution in [2.24, 2.45) is 0 Å². The van der Waals surface area contributed by atoms with Gasteiger partial charge in [-0.2, -0.15) is 0 Å². The average molecular weight is 363 g/mol. The summed E-state index contributed by atoms with van der Waals surface area (Å²) in [4.78, 5) is 0. The van der Waals surface area contributed by atoms with Gasteiger partial charge in [-0.05, 0) is 0 Å². The maximum atomic E-state index is 2.39. The Morgan fingerprint density at radius 2 is 1.50 bits per heavy atom. The van der Waals surface area contributed by atoms with E-state index in [1.165, 1.54) is 18.5 Å². The molecule has 0 saturated carbocycles. The van der Waals surface area contributed by atoms with Crippen molar-refractivity contribution in [3.05, 3.63) is 0 Å². The van der Waals surface area contributed by atoms with Gasteiger partial charge in [0.25, 0.3) is 0 Å². The van der Waals surface area contributed by atoms with Crippen molar-refractivity contribution in [1.82, 2.24) is 0 Å². The molecular formula is C7H19AuPS. The van der Waals surface area contributed by atoms with E-state index in [1.54, 1.807) is 0 Å². The molecule has 0 spiro atoms. The summed E-state index contributed by atoms with van der Waals surface area (Å²) < 4.78 is 0. The summed E-state index contributed by atoms with van der Waals surface area (Å²) in [5, 5.41) is -0.657. The van der Waals surface area contributed by atoms with E-state index in [2.05, 4.69) is 36.3 Å². The van der Waals surface area contributed by atoms with E-state index in [0.29, 0.717) is 17.9 Å². The molecular weight excluding hydrogens is 344 g/mol. The Morgan fingerprint density at radius 1 is 1.10 bits per heavy atom. The predicted molar refractivity (Wildman–Crippen MR) is 53.5 cm³/mol. The first-order valence-electron chi connectivity index (χ1n) is 3.86. The number of rotatable bonds is 5. The van der Waals surface area contributed by atoms with Gasteiger partial charge in [0.1, 0.15) is 0 Å². The van der Waals surface area contributed by atoms with Gasteiger partial charge in [0.2, 0.25) is 0 Å². The van der Waals surface area contributed by atoms with Gasteiger partial charge in [-0.25, -0.2) is 0 Å². The number of hydrogen-bond acceptors (Lipinski definition) is 1. The molecule has 0 fully saturated rings. The molecule has 0 amide bonds. The topological polar surface area (TPSA) is 0 Å². The summed E-state index contributed by atoms with van der Waals surface area (Å²) in [7, 11) is 2.14. The fraction of sp³-hybridized carbons (Fsp3) is 1.00. The fourth-order valence-corrected chi connectivity index (χ4v) is 21.5. The van der Waals surface area contributed by atoms with Crippen molar-refractivity contribution in [3.63, 3.8) is 0 Å². The van der Waals surface area contributed by atoms with E-state index < -0.39 is 5.15 Å². The normalized spacial score (nSPS) is 14.0. The molecule has 0 aliphatic heterocycles. The molecule has 10 heavy (non-hydrogen) atoms. The second-order valence-electron chi connectivity index (χ2n) is 2.32. The quantitative estimate of drug-likeness (QED) is 0.535. The molecule has 0 saturated heterocycles. The standard InChI is InChI=1S/C6H15P.CH4S.Au/c1-4-7(5-2)6-3;1-2;/h4-6H2,1-3H3;2H,1H3;. The van der Waals surface area contributed by atoms with Gasteiger partial charge in [-0.15, -0.1) is 0 Å². The van der Waals surface area contributed by atoms with Crippen LogP contribution in [-0.2, 0) is 17.9 Å². The Kier molecular flexibility index (Phi) is 7.01. The summed E-state index contributed by atoms with van der Waals surface area (Å²) in [6, 6.07) is 0.